The van der Waals surface area contributed by atoms with Gasteiger partial charge in [-0.2, -0.15) is 4.31 Å². The minimum atomic E-state index is -3.83. The molecule has 1 unspecified atom stereocenters. The summed E-state index contributed by atoms with van der Waals surface area (Å²) in [6.45, 7) is 1.63. The average molecular weight is 422 g/mol. The summed E-state index contributed by atoms with van der Waals surface area (Å²) in [5.74, 6) is -0.706. The van der Waals surface area contributed by atoms with Gasteiger partial charge in [0.2, 0.25) is 21.8 Å². The minimum absolute atomic E-state index is 0.0928. The maximum Gasteiger partial charge on any atom is 0.243 e. The van der Waals surface area contributed by atoms with Crippen LogP contribution in [0.15, 0.2) is 53.4 Å². The Morgan fingerprint density at radius 3 is 2.25 bits per heavy atom. The Labute approximate surface area is 168 Å². The Bertz CT molecular complexity index is 992. The summed E-state index contributed by atoms with van der Waals surface area (Å²) in [4.78, 5) is 24.3. The van der Waals surface area contributed by atoms with E-state index in [1.807, 2.05) is 0 Å². The molecule has 28 heavy (non-hydrogen) atoms. The highest BCUT2D eigenvalue weighted by Gasteiger charge is 2.39. The highest BCUT2D eigenvalue weighted by atomic mass is 35.5. The van der Waals surface area contributed by atoms with Crippen LogP contribution < -0.4 is 10.6 Å². The molecule has 2 aromatic rings. The van der Waals surface area contributed by atoms with Crippen LogP contribution >= 0.6 is 11.6 Å². The normalized spacial score (nSPS) is 17.3. The second-order valence-electron chi connectivity index (χ2n) is 6.44. The molecule has 7 nitrogen and oxygen atoms in total. The number of benzene rings is 2. The van der Waals surface area contributed by atoms with Gasteiger partial charge in [0.15, 0.2) is 0 Å². The molecule has 1 fully saturated rings. The molecule has 0 saturated carbocycles. The lowest BCUT2D eigenvalue weighted by atomic mass is 10.2. The summed E-state index contributed by atoms with van der Waals surface area (Å²) in [5, 5.41) is 5.82. The van der Waals surface area contributed by atoms with Crippen LogP contribution in [0.4, 0.5) is 11.4 Å². The summed E-state index contributed by atoms with van der Waals surface area (Å²) in [6.07, 6.45) is 0.999. The quantitative estimate of drug-likeness (QED) is 0.775. The Balaban J connectivity index is 1.82. The van der Waals surface area contributed by atoms with E-state index in [2.05, 4.69) is 10.6 Å². The third-order valence-corrected chi connectivity index (χ3v) is 6.60. The molecule has 1 heterocycles. The van der Waals surface area contributed by atoms with E-state index in [1.54, 1.807) is 24.3 Å². The Hall–Kier alpha value is -2.42. The number of amides is 2. The summed E-state index contributed by atoms with van der Waals surface area (Å²) < 4.78 is 27.2. The van der Waals surface area contributed by atoms with Crippen LogP contribution in [0, 0.1) is 0 Å². The molecule has 0 spiro atoms. The number of sulfonamides is 1. The third kappa shape index (κ3) is 4.35. The van der Waals surface area contributed by atoms with Gasteiger partial charge in [-0.15, -0.1) is 0 Å². The van der Waals surface area contributed by atoms with Gasteiger partial charge in [-0.25, -0.2) is 8.42 Å². The van der Waals surface area contributed by atoms with Crippen molar-refractivity contribution < 1.29 is 18.0 Å². The molecule has 1 aliphatic heterocycles. The molecule has 3 rings (SSSR count). The average Bonchev–Trinajstić information content (AvgIpc) is 3.14. The number of nitrogens with zero attached hydrogens (tertiary/aromatic N) is 1. The van der Waals surface area contributed by atoms with Crippen molar-refractivity contribution in [2.24, 2.45) is 0 Å². The van der Waals surface area contributed by atoms with Crippen LogP contribution in [0.3, 0.4) is 0 Å². The number of carbonyl (C=O) groups excluding carboxylic acids is 2. The highest BCUT2D eigenvalue weighted by molar-refractivity contribution is 7.89. The summed E-state index contributed by atoms with van der Waals surface area (Å²) in [6, 6.07) is 11.8. The number of anilines is 2. The van der Waals surface area contributed by atoms with E-state index in [9.17, 15) is 18.0 Å². The van der Waals surface area contributed by atoms with Gasteiger partial charge in [0.25, 0.3) is 0 Å². The molecule has 0 aliphatic carbocycles. The van der Waals surface area contributed by atoms with Gasteiger partial charge in [-0.3, -0.25) is 9.59 Å². The first-order chi connectivity index (χ1) is 13.3. The fourth-order valence-electron chi connectivity index (χ4n) is 3.14. The monoisotopic (exact) mass is 421 g/mol. The predicted molar refractivity (Wildman–Crippen MR) is 108 cm³/mol. The lowest BCUT2D eigenvalue weighted by Crippen LogP contribution is -2.43. The zero-order chi connectivity index (χ0) is 20.3. The molecular weight excluding hydrogens is 402 g/mol. The number of nitrogens with one attached hydrogen (secondary N) is 2. The van der Waals surface area contributed by atoms with Crippen molar-refractivity contribution in [3.05, 3.63) is 53.6 Å². The van der Waals surface area contributed by atoms with Gasteiger partial charge in [-0.05, 0) is 49.2 Å². The van der Waals surface area contributed by atoms with E-state index < -0.39 is 22.0 Å². The van der Waals surface area contributed by atoms with Crippen molar-refractivity contribution in [2.45, 2.75) is 30.7 Å². The topological polar surface area (TPSA) is 95.6 Å². The second-order valence-corrected chi connectivity index (χ2v) is 8.77. The van der Waals surface area contributed by atoms with Crippen molar-refractivity contribution in [3.63, 3.8) is 0 Å². The van der Waals surface area contributed by atoms with Gasteiger partial charge in [0.1, 0.15) is 6.04 Å². The van der Waals surface area contributed by atoms with Crippen LogP contribution in [0.25, 0.3) is 0 Å². The molecule has 1 saturated heterocycles. The second kappa shape index (κ2) is 8.30. The fraction of sp³-hybridized carbons (Fsp3) is 0.263. The molecule has 0 aromatic heterocycles. The predicted octanol–water partition coefficient (Wildman–Crippen LogP) is 3.09. The molecule has 0 radical (unpaired) electrons. The number of hydrogen-bond acceptors (Lipinski definition) is 4. The molecule has 2 N–H and O–H groups in total. The molecule has 148 valence electrons. The molecule has 2 aromatic carbocycles. The van der Waals surface area contributed by atoms with Gasteiger partial charge >= 0.3 is 0 Å². The van der Waals surface area contributed by atoms with Gasteiger partial charge in [-0.1, -0.05) is 23.7 Å². The van der Waals surface area contributed by atoms with Crippen LogP contribution in [-0.4, -0.2) is 37.1 Å². The first kappa shape index (κ1) is 20.3. The third-order valence-electron chi connectivity index (χ3n) is 4.42. The Morgan fingerprint density at radius 2 is 1.64 bits per heavy atom. The van der Waals surface area contributed by atoms with Crippen molar-refractivity contribution >= 4 is 44.8 Å². The maximum absolute atomic E-state index is 13.0. The SMILES string of the molecule is CC(=O)Nc1ccccc1NC(=O)C1CCCN1S(=O)(=O)c1ccc(Cl)cc1. The van der Waals surface area contributed by atoms with Gasteiger partial charge in [0, 0.05) is 18.5 Å². The van der Waals surface area contributed by atoms with E-state index in [-0.39, 0.29) is 17.3 Å². The van der Waals surface area contributed by atoms with Crippen molar-refractivity contribution in [1.29, 1.82) is 0 Å². The van der Waals surface area contributed by atoms with E-state index in [0.717, 1.165) is 0 Å². The Kier molecular flexibility index (Phi) is 6.02. The van der Waals surface area contributed by atoms with Crippen LogP contribution in [0.5, 0.6) is 0 Å². The van der Waals surface area contributed by atoms with E-state index in [4.69, 9.17) is 11.6 Å². The zero-order valence-electron chi connectivity index (χ0n) is 15.2. The summed E-state index contributed by atoms with van der Waals surface area (Å²) >= 11 is 5.84. The van der Waals surface area contributed by atoms with E-state index in [0.29, 0.717) is 29.2 Å². The van der Waals surface area contributed by atoms with Gasteiger partial charge in [0.05, 0.1) is 16.3 Å². The van der Waals surface area contributed by atoms with Crippen LogP contribution in [-0.2, 0) is 19.6 Å². The lowest BCUT2D eigenvalue weighted by Gasteiger charge is -2.24. The largest absolute Gasteiger partial charge is 0.325 e. The number of hydrogen-bond donors (Lipinski definition) is 2. The van der Waals surface area contributed by atoms with Crippen LogP contribution in [0.2, 0.25) is 5.02 Å². The molecule has 2 amide bonds. The lowest BCUT2D eigenvalue weighted by molar-refractivity contribution is -0.119. The van der Waals surface area contributed by atoms with Crippen molar-refractivity contribution in [3.8, 4) is 0 Å². The molecular formula is C19H20ClN3O4S. The fourth-order valence-corrected chi connectivity index (χ4v) is 4.92. The number of para-hydroxylation sites is 2. The van der Waals surface area contributed by atoms with Crippen molar-refractivity contribution in [1.82, 2.24) is 4.31 Å². The number of carbonyl (C=O) groups is 2. The first-order valence-electron chi connectivity index (χ1n) is 8.74. The Morgan fingerprint density at radius 1 is 1.04 bits per heavy atom. The smallest absolute Gasteiger partial charge is 0.243 e. The maximum atomic E-state index is 13.0. The van der Waals surface area contributed by atoms with Crippen molar-refractivity contribution in [2.75, 3.05) is 17.2 Å². The minimum Gasteiger partial charge on any atom is -0.325 e. The van der Waals surface area contributed by atoms with E-state index >= 15 is 0 Å². The standard InChI is InChI=1S/C19H20ClN3O4S/c1-13(24)21-16-5-2-3-6-17(16)22-19(25)18-7-4-12-23(18)28(26,27)15-10-8-14(20)9-11-15/h2-3,5-6,8-11,18H,4,7,12H2,1H3,(H,21,24)(H,22,25). The zero-order valence-corrected chi connectivity index (χ0v) is 16.8. The highest BCUT2D eigenvalue weighted by Crippen LogP contribution is 2.29. The molecule has 9 heteroatoms. The molecule has 1 atom stereocenters. The van der Waals surface area contributed by atoms with Gasteiger partial charge < -0.3 is 10.6 Å². The molecule has 1 aliphatic rings. The summed E-state index contributed by atoms with van der Waals surface area (Å²) in [7, 11) is -3.83. The van der Waals surface area contributed by atoms with E-state index in [1.165, 1.54) is 35.5 Å². The van der Waals surface area contributed by atoms with Crippen LogP contribution in [0.1, 0.15) is 19.8 Å². The summed E-state index contributed by atoms with van der Waals surface area (Å²) in [5.41, 5.74) is 0.867. The molecule has 0 bridgehead atoms. The first-order valence-corrected chi connectivity index (χ1v) is 10.6. The number of halogens is 1. The number of rotatable bonds is 5.